The van der Waals surface area contributed by atoms with Crippen LogP contribution in [0.1, 0.15) is 42.3 Å². The van der Waals surface area contributed by atoms with Gasteiger partial charge in [-0.2, -0.15) is 0 Å². The van der Waals surface area contributed by atoms with Crippen molar-refractivity contribution in [2.24, 2.45) is 0 Å². The van der Waals surface area contributed by atoms with Crippen LogP contribution in [-0.4, -0.2) is 22.3 Å². The smallest absolute Gasteiger partial charge is 0.223 e. The molecule has 4 rings (SSSR count). The maximum Gasteiger partial charge on any atom is 0.223 e. The second-order valence-corrected chi connectivity index (χ2v) is 7.81. The molecule has 0 spiro atoms. The molecule has 5 heteroatoms. The van der Waals surface area contributed by atoms with E-state index in [4.69, 9.17) is 4.98 Å². The molecule has 2 heterocycles. The molecule has 26 heavy (non-hydrogen) atoms. The highest BCUT2D eigenvalue weighted by atomic mass is 32.1. The molecule has 0 aliphatic carbocycles. The molecule has 1 aliphatic heterocycles. The molecule has 1 fully saturated rings. The number of hydrogen-bond donors (Lipinski definition) is 0. The van der Waals surface area contributed by atoms with Gasteiger partial charge < -0.3 is 4.90 Å². The van der Waals surface area contributed by atoms with Gasteiger partial charge in [0.05, 0.1) is 16.3 Å². The first-order chi connectivity index (χ1) is 12.7. The van der Waals surface area contributed by atoms with E-state index in [-0.39, 0.29) is 17.8 Å². The lowest BCUT2D eigenvalue weighted by Crippen LogP contribution is -2.38. The Labute approximate surface area is 156 Å². The molecule has 1 amide bonds. The van der Waals surface area contributed by atoms with Crippen LogP contribution < -0.4 is 0 Å². The summed E-state index contributed by atoms with van der Waals surface area (Å²) in [6.07, 6.45) is 4.24. The quantitative estimate of drug-likeness (QED) is 0.640. The standard InChI is InChI=1S/C21H21FN2OS/c22-16-11-8-15(9-12-16)10-13-20(25)24-14-4-3-6-18(24)21-23-17-5-1-2-7-19(17)26-21/h1-2,5,7-9,11-12,18H,3-4,6,10,13-14H2/t18-/m0/s1. The summed E-state index contributed by atoms with van der Waals surface area (Å²) in [6.45, 7) is 0.794. The van der Waals surface area contributed by atoms with Crippen molar-refractivity contribution in [3.63, 3.8) is 0 Å². The van der Waals surface area contributed by atoms with Gasteiger partial charge in [0.1, 0.15) is 10.8 Å². The number of nitrogens with zero attached hydrogens (tertiary/aromatic N) is 2. The number of aryl methyl sites for hydroxylation is 1. The van der Waals surface area contributed by atoms with Gasteiger partial charge in [-0.3, -0.25) is 4.79 Å². The van der Waals surface area contributed by atoms with Gasteiger partial charge in [-0.05, 0) is 55.5 Å². The van der Waals surface area contributed by atoms with Gasteiger partial charge in [0.2, 0.25) is 5.91 Å². The van der Waals surface area contributed by atoms with Crippen molar-refractivity contribution in [2.75, 3.05) is 6.54 Å². The minimum atomic E-state index is -0.244. The summed E-state index contributed by atoms with van der Waals surface area (Å²) in [7, 11) is 0. The van der Waals surface area contributed by atoms with Crippen molar-refractivity contribution in [2.45, 2.75) is 38.1 Å². The fraction of sp³-hybridized carbons (Fsp3) is 0.333. The largest absolute Gasteiger partial charge is 0.333 e. The number of aromatic nitrogens is 1. The molecule has 1 aliphatic rings. The zero-order chi connectivity index (χ0) is 17.9. The van der Waals surface area contributed by atoms with Gasteiger partial charge in [0.15, 0.2) is 0 Å². The fourth-order valence-corrected chi connectivity index (χ4v) is 4.68. The zero-order valence-electron chi connectivity index (χ0n) is 14.5. The SMILES string of the molecule is O=C(CCc1ccc(F)cc1)N1CCCC[C@H]1c1nc2ccccc2s1. The van der Waals surface area contributed by atoms with E-state index in [9.17, 15) is 9.18 Å². The third-order valence-electron chi connectivity index (χ3n) is 4.96. The van der Waals surface area contributed by atoms with Crippen molar-refractivity contribution in [3.05, 3.63) is 64.9 Å². The Morgan fingerprint density at radius 2 is 1.96 bits per heavy atom. The maximum atomic E-state index is 13.0. The maximum absolute atomic E-state index is 13.0. The summed E-state index contributed by atoms with van der Waals surface area (Å²) < 4.78 is 14.2. The van der Waals surface area contributed by atoms with E-state index in [1.807, 2.05) is 23.1 Å². The van der Waals surface area contributed by atoms with Gasteiger partial charge in [0.25, 0.3) is 0 Å². The topological polar surface area (TPSA) is 33.2 Å². The number of fused-ring (bicyclic) bond motifs is 1. The summed E-state index contributed by atoms with van der Waals surface area (Å²) in [5, 5.41) is 1.04. The third kappa shape index (κ3) is 3.63. The number of likely N-dealkylation sites (tertiary alicyclic amines) is 1. The lowest BCUT2D eigenvalue weighted by Gasteiger charge is -2.34. The number of hydrogen-bond acceptors (Lipinski definition) is 3. The summed E-state index contributed by atoms with van der Waals surface area (Å²) in [5.74, 6) is -0.0784. The van der Waals surface area contributed by atoms with Crippen LogP contribution in [0.2, 0.25) is 0 Å². The van der Waals surface area contributed by atoms with Gasteiger partial charge in [-0.1, -0.05) is 24.3 Å². The molecule has 0 radical (unpaired) electrons. The normalized spacial score (nSPS) is 17.6. The number of halogens is 1. The van der Waals surface area contributed by atoms with E-state index < -0.39 is 0 Å². The second-order valence-electron chi connectivity index (χ2n) is 6.75. The van der Waals surface area contributed by atoms with Crippen LogP contribution in [0.3, 0.4) is 0 Å². The van der Waals surface area contributed by atoms with Gasteiger partial charge in [0, 0.05) is 13.0 Å². The second kappa shape index (κ2) is 7.54. The first-order valence-corrected chi connectivity index (χ1v) is 9.92. The minimum absolute atomic E-state index is 0.0851. The van der Waals surface area contributed by atoms with Gasteiger partial charge >= 0.3 is 0 Å². The molecule has 1 atom stereocenters. The zero-order valence-corrected chi connectivity index (χ0v) is 15.3. The molecule has 0 N–H and O–H groups in total. The average molecular weight is 368 g/mol. The number of piperidine rings is 1. The Morgan fingerprint density at radius 1 is 1.15 bits per heavy atom. The Hall–Kier alpha value is -2.27. The van der Waals surface area contributed by atoms with Crippen molar-refractivity contribution in [1.29, 1.82) is 0 Å². The Balaban J connectivity index is 1.49. The van der Waals surface area contributed by atoms with Crippen LogP contribution in [0, 0.1) is 5.82 Å². The number of thiazole rings is 1. The first-order valence-electron chi connectivity index (χ1n) is 9.10. The predicted molar refractivity (Wildman–Crippen MR) is 103 cm³/mol. The summed E-state index contributed by atoms with van der Waals surface area (Å²) in [4.78, 5) is 19.7. The Kier molecular flexibility index (Phi) is 4.98. The number of amides is 1. The van der Waals surface area contributed by atoms with Crippen molar-refractivity contribution < 1.29 is 9.18 Å². The van der Waals surface area contributed by atoms with E-state index in [0.29, 0.717) is 12.8 Å². The fourth-order valence-electron chi connectivity index (χ4n) is 3.57. The first kappa shape index (κ1) is 17.2. The molecular formula is C21H21FN2OS. The molecule has 0 saturated carbocycles. The molecule has 134 valence electrons. The van der Waals surface area contributed by atoms with Gasteiger partial charge in [-0.25, -0.2) is 9.37 Å². The van der Waals surface area contributed by atoms with E-state index in [1.165, 1.54) is 16.8 Å². The molecule has 1 aromatic heterocycles. The highest BCUT2D eigenvalue weighted by molar-refractivity contribution is 7.18. The van der Waals surface area contributed by atoms with Crippen LogP contribution in [0.5, 0.6) is 0 Å². The summed E-state index contributed by atoms with van der Waals surface area (Å²) in [5.41, 5.74) is 2.00. The summed E-state index contributed by atoms with van der Waals surface area (Å²) in [6, 6.07) is 14.6. The highest BCUT2D eigenvalue weighted by Crippen LogP contribution is 2.36. The van der Waals surface area contributed by atoms with Crippen LogP contribution in [0.4, 0.5) is 4.39 Å². The average Bonchev–Trinajstić information content (AvgIpc) is 3.11. The molecule has 0 unspecified atom stereocenters. The molecule has 1 saturated heterocycles. The van der Waals surface area contributed by atoms with Crippen molar-refractivity contribution in [1.82, 2.24) is 9.88 Å². The molecule has 2 aromatic carbocycles. The van der Waals surface area contributed by atoms with E-state index in [2.05, 4.69) is 6.07 Å². The Morgan fingerprint density at radius 3 is 2.77 bits per heavy atom. The van der Waals surface area contributed by atoms with E-state index in [0.717, 1.165) is 41.9 Å². The van der Waals surface area contributed by atoms with Crippen LogP contribution >= 0.6 is 11.3 Å². The molecular weight excluding hydrogens is 347 g/mol. The number of benzene rings is 2. The molecule has 3 aromatic rings. The van der Waals surface area contributed by atoms with Crippen molar-refractivity contribution >= 4 is 27.5 Å². The van der Waals surface area contributed by atoms with E-state index in [1.54, 1.807) is 23.5 Å². The van der Waals surface area contributed by atoms with Crippen molar-refractivity contribution in [3.8, 4) is 0 Å². The Bertz CT molecular complexity index is 873. The molecule has 3 nitrogen and oxygen atoms in total. The van der Waals surface area contributed by atoms with Crippen LogP contribution in [0.15, 0.2) is 48.5 Å². The van der Waals surface area contributed by atoms with Crippen LogP contribution in [-0.2, 0) is 11.2 Å². The highest BCUT2D eigenvalue weighted by Gasteiger charge is 2.29. The molecule has 0 bridgehead atoms. The minimum Gasteiger partial charge on any atom is -0.333 e. The monoisotopic (exact) mass is 368 g/mol. The van der Waals surface area contributed by atoms with E-state index >= 15 is 0 Å². The number of carbonyl (C=O) groups is 1. The van der Waals surface area contributed by atoms with Crippen LogP contribution in [0.25, 0.3) is 10.2 Å². The number of carbonyl (C=O) groups excluding carboxylic acids is 1. The number of para-hydroxylation sites is 1. The summed E-state index contributed by atoms with van der Waals surface area (Å²) >= 11 is 1.69. The lowest BCUT2D eigenvalue weighted by molar-refractivity contribution is -0.135. The predicted octanol–water partition coefficient (Wildman–Crippen LogP) is 5.12. The van der Waals surface area contributed by atoms with Gasteiger partial charge in [-0.15, -0.1) is 11.3 Å². The third-order valence-corrected chi connectivity index (χ3v) is 6.10. The lowest BCUT2D eigenvalue weighted by atomic mass is 10.0. The number of rotatable bonds is 4.